The Morgan fingerprint density at radius 2 is 1.06 bits per heavy atom. The first-order valence-corrected chi connectivity index (χ1v) is 21.8. The molecule has 0 bridgehead atoms. The third-order valence-electron chi connectivity index (χ3n) is 11.8. The van der Waals surface area contributed by atoms with E-state index in [-0.39, 0.29) is 35.6 Å². The van der Waals surface area contributed by atoms with Crippen LogP contribution in [-0.4, -0.2) is 3.21 Å². The number of benzene rings is 4. The molecule has 0 nitrogen and oxygen atoms in total. The molecule has 3 heteroatoms. The van der Waals surface area contributed by atoms with Crippen LogP contribution in [0.2, 0.25) is 0 Å². The van der Waals surface area contributed by atoms with Gasteiger partial charge in [0.05, 0.1) is 0 Å². The van der Waals surface area contributed by atoms with Gasteiger partial charge in [-0.2, -0.15) is 0 Å². The number of allylic oxidation sites excluding steroid dienone is 8. The first kappa shape index (κ1) is 36.9. The summed E-state index contributed by atoms with van der Waals surface area (Å²) in [5.74, 6) is 0.452. The van der Waals surface area contributed by atoms with Crippen molar-refractivity contribution >= 4 is 14.4 Å². The second-order valence-electron chi connectivity index (χ2n) is 16.2. The van der Waals surface area contributed by atoms with Gasteiger partial charge < -0.3 is 24.8 Å². The van der Waals surface area contributed by atoms with E-state index in [9.17, 15) is 0 Å². The van der Waals surface area contributed by atoms with E-state index in [1.54, 1.807) is 17.6 Å². The molecule has 1 atom stereocenters. The third-order valence-corrected chi connectivity index (χ3v) is 20.5. The Hall–Kier alpha value is -2.83. The Kier molecular flexibility index (Phi) is 10.1. The molecule has 4 aliphatic rings. The molecular formula is C47H48Cl2Zr. The van der Waals surface area contributed by atoms with E-state index in [4.69, 9.17) is 0 Å². The van der Waals surface area contributed by atoms with Crippen LogP contribution in [0.3, 0.4) is 0 Å². The number of rotatable bonds is 4. The number of hydrogen-bond acceptors (Lipinski definition) is 0. The van der Waals surface area contributed by atoms with Crippen molar-refractivity contribution in [2.75, 3.05) is 0 Å². The first-order valence-electron chi connectivity index (χ1n) is 17.9. The van der Waals surface area contributed by atoms with Crippen LogP contribution in [0.1, 0.15) is 116 Å². The molecule has 0 aliphatic heterocycles. The van der Waals surface area contributed by atoms with Crippen LogP contribution in [0, 0.1) is 5.92 Å². The molecule has 0 heterocycles. The van der Waals surface area contributed by atoms with Gasteiger partial charge in [-0.15, -0.1) is 0 Å². The molecule has 0 aromatic heterocycles. The summed E-state index contributed by atoms with van der Waals surface area (Å²) in [7, 11) is 0. The van der Waals surface area contributed by atoms with Crippen molar-refractivity contribution in [2.45, 2.75) is 82.7 Å². The summed E-state index contributed by atoms with van der Waals surface area (Å²) in [5.41, 5.74) is 19.4. The molecule has 50 heavy (non-hydrogen) atoms. The topological polar surface area (TPSA) is 0 Å². The SMILES string of the molecule is CC1=CC(C)[C]([Zr+2](=[C](c2ccccc2)c2ccccc2)[CH]2c3cc4c(cc3-c3cc5c(cc32)C(C)(C)CC=C5C)C(C)=CCC4(C)C)=C1.[Cl-].[Cl-]. The quantitative estimate of drug-likeness (QED) is 0.229. The van der Waals surface area contributed by atoms with E-state index in [1.807, 2.05) is 0 Å². The minimum atomic E-state index is -2.87. The van der Waals surface area contributed by atoms with E-state index in [1.165, 1.54) is 61.2 Å². The third kappa shape index (κ3) is 6.00. The molecular weight excluding hydrogens is 727 g/mol. The molecule has 0 spiro atoms. The smallest absolute Gasteiger partial charge is 1.00 e. The summed E-state index contributed by atoms with van der Waals surface area (Å²) in [5, 5.41) is 0. The van der Waals surface area contributed by atoms with Gasteiger partial charge in [0.2, 0.25) is 0 Å². The minimum absolute atomic E-state index is 0. The van der Waals surface area contributed by atoms with Crippen molar-refractivity contribution in [1.82, 2.24) is 0 Å². The molecule has 254 valence electrons. The van der Waals surface area contributed by atoms with Gasteiger partial charge in [0, 0.05) is 0 Å². The summed E-state index contributed by atoms with van der Waals surface area (Å²) < 4.78 is 3.74. The van der Waals surface area contributed by atoms with Crippen LogP contribution in [0.5, 0.6) is 0 Å². The number of hydrogen-bond donors (Lipinski definition) is 0. The van der Waals surface area contributed by atoms with Gasteiger partial charge in [-0.25, -0.2) is 0 Å². The van der Waals surface area contributed by atoms with Crippen LogP contribution in [0.25, 0.3) is 22.3 Å². The van der Waals surface area contributed by atoms with Gasteiger partial charge in [0.1, 0.15) is 0 Å². The Morgan fingerprint density at radius 3 is 1.46 bits per heavy atom. The zero-order valence-corrected chi connectivity index (χ0v) is 34.7. The van der Waals surface area contributed by atoms with Crippen molar-refractivity contribution < 1.29 is 46.1 Å². The van der Waals surface area contributed by atoms with Gasteiger partial charge >= 0.3 is 298 Å². The first-order chi connectivity index (χ1) is 22.9. The fourth-order valence-electron chi connectivity index (χ4n) is 9.06. The number of fused-ring (bicyclic) bond motifs is 5. The molecule has 4 aromatic carbocycles. The molecule has 0 saturated heterocycles. The van der Waals surface area contributed by atoms with E-state index < -0.39 is 21.3 Å². The normalized spacial score (nSPS) is 19.1. The monoisotopic (exact) mass is 772 g/mol. The average Bonchev–Trinajstić information content (AvgIpc) is 3.57. The van der Waals surface area contributed by atoms with Gasteiger partial charge in [0.25, 0.3) is 0 Å². The van der Waals surface area contributed by atoms with E-state index in [0.717, 1.165) is 12.8 Å². The zero-order valence-electron chi connectivity index (χ0n) is 30.7. The van der Waals surface area contributed by atoms with Crippen molar-refractivity contribution in [2.24, 2.45) is 5.92 Å². The predicted molar refractivity (Wildman–Crippen MR) is 203 cm³/mol. The van der Waals surface area contributed by atoms with Crippen LogP contribution in [-0.2, 0) is 32.1 Å². The molecule has 4 aliphatic carbocycles. The molecule has 4 aromatic rings. The summed E-state index contributed by atoms with van der Waals surface area (Å²) in [6, 6.07) is 33.5. The maximum atomic E-state index is 2.70. The fourth-order valence-corrected chi connectivity index (χ4v) is 18.7. The summed E-state index contributed by atoms with van der Waals surface area (Å²) in [4.78, 5) is 0. The predicted octanol–water partition coefficient (Wildman–Crippen LogP) is 6.30. The Balaban J connectivity index is 0.00000216. The van der Waals surface area contributed by atoms with Crippen LogP contribution in [0.4, 0.5) is 0 Å². The van der Waals surface area contributed by atoms with Crippen LogP contribution < -0.4 is 24.8 Å². The Bertz CT molecular complexity index is 2030. The van der Waals surface area contributed by atoms with E-state index in [2.05, 4.69) is 165 Å². The molecule has 1 unspecified atom stereocenters. The van der Waals surface area contributed by atoms with Gasteiger partial charge in [-0.3, -0.25) is 0 Å². The number of halogens is 2. The van der Waals surface area contributed by atoms with Crippen molar-refractivity contribution in [1.29, 1.82) is 0 Å². The summed E-state index contributed by atoms with van der Waals surface area (Å²) in [6.07, 6.45) is 12.3. The van der Waals surface area contributed by atoms with Crippen molar-refractivity contribution in [3.05, 3.63) is 163 Å². The second kappa shape index (κ2) is 13.6. The van der Waals surface area contributed by atoms with Crippen molar-refractivity contribution in [3.63, 3.8) is 0 Å². The van der Waals surface area contributed by atoms with Gasteiger partial charge in [-0.1, -0.05) is 0 Å². The minimum Gasteiger partial charge on any atom is -1.00 e. The van der Waals surface area contributed by atoms with Gasteiger partial charge in [-0.05, 0) is 0 Å². The van der Waals surface area contributed by atoms with Crippen LogP contribution >= 0.6 is 0 Å². The molecule has 0 saturated carbocycles. The standard InChI is InChI=1S/C27H29.C13H10.C7H9.2ClH.Zr/c1-16-7-9-26(3,4)24-12-18-11-19-13-25-21(17(2)8-10-27(25,5)6)15-23(19)22(18)14-20(16)24;1-3-7-12(8-4-1)11-13-9-5-2-6-10-13;1-6-3-4-7(2)5-6;;;/h7-8,11-15H,9-10H2,1-6H3;1-10H;3,5,7H,1-2H3;2*1H;/q;;;;;+2/p-2. The Morgan fingerprint density at radius 1 is 0.620 bits per heavy atom. The average molecular weight is 775 g/mol. The molecule has 0 N–H and O–H groups in total. The van der Waals surface area contributed by atoms with Gasteiger partial charge in [0.15, 0.2) is 0 Å². The largest absolute Gasteiger partial charge is 1.00 e. The van der Waals surface area contributed by atoms with E-state index >= 15 is 0 Å². The maximum absolute atomic E-state index is 2.87. The fraction of sp³-hybridized carbons (Fsp3) is 0.298. The van der Waals surface area contributed by atoms with Crippen LogP contribution in [0.15, 0.2) is 118 Å². The van der Waals surface area contributed by atoms with E-state index in [0.29, 0.717) is 9.54 Å². The summed E-state index contributed by atoms with van der Waals surface area (Å²) in [6.45, 7) is 19.2. The van der Waals surface area contributed by atoms with Crippen molar-refractivity contribution in [3.8, 4) is 11.1 Å². The molecule has 0 radical (unpaired) electrons. The second-order valence-corrected chi connectivity index (χ2v) is 22.3. The Labute approximate surface area is 320 Å². The maximum Gasteiger partial charge on any atom is -1.00 e. The molecule has 8 rings (SSSR count). The zero-order chi connectivity index (χ0) is 33.5. The molecule has 0 fully saturated rings. The summed E-state index contributed by atoms with van der Waals surface area (Å²) >= 11 is -2.87. The molecule has 0 amide bonds.